The monoisotopic (exact) mass is 410 g/mol. The van der Waals surface area contributed by atoms with Crippen LogP contribution in [-0.4, -0.2) is 34.0 Å². The molecule has 2 aromatic heterocycles. The van der Waals surface area contributed by atoms with Crippen LogP contribution in [-0.2, 0) is 11.3 Å². The summed E-state index contributed by atoms with van der Waals surface area (Å²) in [7, 11) is 0. The van der Waals surface area contributed by atoms with Crippen molar-refractivity contribution >= 4 is 17.2 Å². The number of aromatic nitrogens is 2. The smallest absolute Gasteiger partial charge is 0.241 e. The topological polar surface area (TPSA) is 71.3 Å². The molecule has 2 unspecified atom stereocenters. The Morgan fingerprint density at radius 1 is 1.34 bits per heavy atom. The number of amides is 1. The molecule has 1 fully saturated rings. The van der Waals surface area contributed by atoms with Gasteiger partial charge in [-0.05, 0) is 55.8 Å². The normalized spacial score (nSPS) is 18.5. The molecule has 3 heterocycles. The summed E-state index contributed by atoms with van der Waals surface area (Å²) in [6.45, 7) is 6.35. The van der Waals surface area contributed by atoms with E-state index >= 15 is 0 Å². The van der Waals surface area contributed by atoms with Crippen LogP contribution < -0.4 is 5.32 Å². The second-order valence-electron chi connectivity index (χ2n) is 7.65. The van der Waals surface area contributed by atoms with Gasteiger partial charge >= 0.3 is 0 Å². The average molecular weight is 411 g/mol. The molecule has 1 aliphatic rings. The van der Waals surface area contributed by atoms with Crippen molar-refractivity contribution in [2.75, 3.05) is 13.1 Å². The Hall–Kier alpha value is -2.51. The van der Waals surface area contributed by atoms with E-state index < -0.39 is 0 Å². The lowest BCUT2D eigenvalue weighted by Crippen LogP contribution is -2.43. The number of hydrogen-bond acceptors (Lipinski definition) is 6. The number of nitrogens with one attached hydrogen (secondary N) is 1. The van der Waals surface area contributed by atoms with Crippen LogP contribution in [0.3, 0.4) is 0 Å². The summed E-state index contributed by atoms with van der Waals surface area (Å²) in [5.74, 6) is 1.33. The maximum absolute atomic E-state index is 12.9. The van der Waals surface area contributed by atoms with Crippen molar-refractivity contribution in [1.29, 1.82) is 0 Å². The fourth-order valence-electron chi connectivity index (χ4n) is 3.91. The highest BCUT2D eigenvalue weighted by molar-refractivity contribution is 7.13. The van der Waals surface area contributed by atoms with Crippen LogP contribution in [0.25, 0.3) is 10.7 Å². The molecule has 0 saturated carbocycles. The third-order valence-electron chi connectivity index (χ3n) is 5.46. The number of hydrogen-bond donors (Lipinski definition) is 1. The van der Waals surface area contributed by atoms with Gasteiger partial charge in [-0.3, -0.25) is 9.69 Å². The molecule has 1 aliphatic heterocycles. The first-order valence-corrected chi connectivity index (χ1v) is 10.9. The first-order valence-electron chi connectivity index (χ1n) is 10.0. The molecule has 152 valence electrons. The summed E-state index contributed by atoms with van der Waals surface area (Å²) < 4.78 is 5.43. The third kappa shape index (κ3) is 4.74. The first-order chi connectivity index (χ1) is 14.1. The van der Waals surface area contributed by atoms with Crippen molar-refractivity contribution in [2.24, 2.45) is 5.92 Å². The standard InChI is InChI=1S/C22H26N4O2S/c1-15-7-3-4-9-18(15)16(2)23-22(27)17-8-5-11-26(13-17)14-20-24-21(25-28-20)19-10-6-12-29-19/h3-4,6-7,9-10,12,16-17H,5,8,11,13-14H2,1-2H3,(H,23,27). The lowest BCUT2D eigenvalue weighted by molar-refractivity contribution is -0.127. The highest BCUT2D eigenvalue weighted by Crippen LogP contribution is 2.24. The number of nitrogens with zero attached hydrogens (tertiary/aromatic N) is 3. The van der Waals surface area contributed by atoms with Gasteiger partial charge in [-0.1, -0.05) is 35.5 Å². The lowest BCUT2D eigenvalue weighted by atomic mass is 9.95. The number of carbonyl (C=O) groups is 1. The van der Waals surface area contributed by atoms with E-state index in [0.29, 0.717) is 24.8 Å². The van der Waals surface area contributed by atoms with Crippen LogP contribution in [0.4, 0.5) is 0 Å². The second-order valence-corrected chi connectivity index (χ2v) is 8.60. The summed E-state index contributed by atoms with van der Waals surface area (Å²) in [6, 6.07) is 12.2. The highest BCUT2D eigenvalue weighted by atomic mass is 32.1. The molecule has 7 heteroatoms. The Labute approximate surface area is 174 Å². The van der Waals surface area contributed by atoms with Gasteiger partial charge in [0, 0.05) is 6.54 Å². The number of rotatable bonds is 6. The minimum Gasteiger partial charge on any atom is -0.349 e. The van der Waals surface area contributed by atoms with Crippen molar-refractivity contribution in [3.8, 4) is 10.7 Å². The summed E-state index contributed by atoms with van der Waals surface area (Å²) in [4.78, 5) is 20.6. The van der Waals surface area contributed by atoms with Crippen molar-refractivity contribution in [1.82, 2.24) is 20.4 Å². The van der Waals surface area contributed by atoms with Crippen LogP contribution in [0.15, 0.2) is 46.3 Å². The van der Waals surface area contributed by atoms with Crippen LogP contribution in [0.5, 0.6) is 0 Å². The molecular weight excluding hydrogens is 384 g/mol. The third-order valence-corrected chi connectivity index (χ3v) is 6.32. The van der Waals surface area contributed by atoms with Gasteiger partial charge in [0.25, 0.3) is 0 Å². The number of piperidine rings is 1. The molecule has 0 spiro atoms. The largest absolute Gasteiger partial charge is 0.349 e. The molecule has 0 aliphatic carbocycles. The predicted octanol–water partition coefficient (Wildman–Crippen LogP) is 4.20. The van der Waals surface area contributed by atoms with E-state index in [0.717, 1.165) is 24.3 Å². The number of likely N-dealkylation sites (tertiary alicyclic amines) is 1. The van der Waals surface area contributed by atoms with E-state index in [-0.39, 0.29) is 17.9 Å². The minimum atomic E-state index is -0.0186. The molecule has 29 heavy (non-hydrogen) atoms. The van der Waals surface area contributed by atoms with E-state index in [2.05, 4.69) is 39.4 Å². The van der Waals surface area contributed by atoms with Gasteiger partial charge in [0.05, 0.1) is 23.4 Å². The van der Waals surface area contributed by atoms with E-state index in [1.54, 1.807) is 11.3 Å². The zero-order chi connectivity index (χ0) is 20.2. The Balaban J connectivity index is 1.34. The van der Waals surface area contributed by atoms with Crippen LogP contribution in [0.2, 0.25) is 0 Å². The van der Waals surface area contributed by atoms with Gasteiger partial charge in [-0.25, -0.2) is 0 Å². The Morgan fingerprint density at radius 3 is 3.00 bits per heavy atom. The number of aryl methyl sites for hydroxylation is 1. The van der Waals surface area contributed by atoms with Gasteiger partial charge in [0.2, 0.25) is 17.6 Å². The Kier molecular flexibility index (Phi) is 6.06. The van der Waals surface area contributed by atoms with E-state index in [4.69, 9.17) is 4.52 Å². The Bertz CT molecular complexity index is 953. The lowest BCUT2D eigenvalue weighted by Gasteiger charge is -2.31. The predicted molar refractivity (Wildman–Crippen MR) is 113 cm³/mol. The van der Waals surface area contributed by atoms with E-state index in [1.165, 1.54) is 11.1 Å². The van der Waals surface area contributed by atoms with Crippen LogP contribution in [0.1, 0.15) is 42.8 Å². The summed E-state index contributed by atoms with van der Waals surface area (Å²) in [6.07, 6.45) is 1.90. The summed E-state index contributed by atoms with van der Waals surface area (Å²) >= 11 is 1.59. The van der Waals surface area contributed by atoms with Crippen LogP contribution >= 0.6 is 11.3 Å². The summed E-state index contributed by atoms with van der Waals surface area (Å²) in [5.41, 5.74) is 2.36. The molecule has 1 aromatic carbocycles. The second kappa shape index (κ2) is 8.88. The van der Waals surface area contributed by atoms with Crippen LogP contribution in [0, 0.1) is 12.8 Å². The number of carbonyl (C=O) groups excluding carboxylic acids is 1. The SMILES string of the molecule is Cc1ccccc1C(C)NC(=O)C1CCCN(Cc2nc(-c3cccs3)no2)C1. The average Bonchev–Trinajstić information content (AvgIpc) is 3.40. The minimum absolute atomic E-state index is 0.00312. The zero-order valence-electron chi connectivity index (χ0n) is 16.8. The Morgan fingerprint density at radius 2 is 2.21 bits per heavy atom. The molecule has 4 rings (SSSR count). The number of benzene rings is 1. The quantitative estimate of drug-likeness (QED) is 0.660. The molecule has 0 bridgehead atoms. The van der Waals surface area contributed by atoms with Gasteiger partial charge in [-0.15, -0.1) is 11.3 Å². The fourth-order valence-corrected chi connectivity index (χ4v) is 4.56. The van der Waals surface area contributed by atoms with E-state index in [9.17, 15) is 4.79 Å². The maximum atomic E-state index is 12.9. The first kappa shape index (κ1) is 19.8. The van der Waals surface area contributed by atoms with E-state index in [1.807, 2.05) is 36.6 Å². The molecule has 2 atom stereocenters. The van der Waals surface area contributed by atoms with Crippen molar-refractivity contribution in [2.45, 2.75) is 39.3 Å². The molecule has 1 amide bonds. The van der Waals surface area contributed by atoms with Gasteiger partial charge in [-0.2, -0.15) is 4.98 Å². The van der Waals surface area contributed by atoms with Gasteiger partial charge < -0.3 is 9.84 Å². The maximum Gasteiger partial charge on any atom is 0.241 e. The number of thiophene rings is 1. The van der Waals surface area contributed by atoms with Crippen molar-refractivity contribution in [3.05, 3.63) is 58.8 Å². The summed E-state index contributed by atoms with van der Waals surface area (Å²) in [5, 5.41) is 9.27. The fraction of sp³-hybridized carbons (Fsp3) is 0.409. The zero-order valence-corrected chi connectivity index (χ0v) is 17.6. The molecule has 6 nitrogen and oxygen atoms in total. The van der Waals surface area contributed by atoms with Crippen molar-refractivity contribution < 1.29 is 9.32 Å². The molecular formula is C22H26N4O2S. The molecule has 1 N–H and O–H groups in total. The van der Waals surface area contributed by atoms with Gasteiger partial charge in [0.15, 0.2) is 0 Å². The molecule has 3 aromatic rings. The highest BCUT2D eigenvalue weighted by Gasteiger charge is 2.28. The van der Waals surface area contributed by atoms with Crippen molar-refractivity contribution in [3.63, 3.8) is 0 Å². The molecule has 1 saturated heterocycles. The van der Waals surface area contributed by atoms with Gasteiger partial charge in [0.1, 0.15) is 0 Å². The molecule has 0 radical (unpaired) electrons.